The highest BCUT2D eigenvalue weighted by Crippen LogP contribution is 2.24. The quantitative estimate of drug-likeness (QED) is 0.555. The summed E-state index contributed by atoms with van der Waals surface area (Å²) in [6, 6.07) is 3.17. The molecule has 5 rings (SSSR count). The van der Waals surface area contributed by atoms with Crippen molar-refractivity contribution in [3.8, 4) is 11.4 Å². The molecule has 0 aromatic carbocycles. The summed E-state index contributed by atoms with van der Waals surface area (Å²) in [7, 11) is 0. The molecule has 0 unspecified atom stereocenters. The molecule has 1 aliphatic rings. The molecule has 152 valence electrons. The second-order valence-corrected chi connectivity index (χ2v) is 8.31. The molecule has 0 aliphatic carbocycles. The Hall–Kier alpha value is -3.39. The first-order valence-corrected chi connectivity index (χ1v) is 9.79. The number of hydrogen-bond donors (Lipinski definition) is 1. The molecule has 0 saturated heterocycles. The molecular weight excluding hydrogens is 383 g/mol. The highest BCUT2D eigenvalue weighted by atomic mass is 19.1. The van der Waals surface area contributed by atoms with Crippen LogP contribution >= 0.6 is 0 Å². The summed E-state index contributed by atoms with van der Waals surface area (Å²) >= 11 is 0. The summed E-state index contributed by atoms with van der Waals surface area (Å²) in [4.78, 5) is 26.1. The van der Waals surface area contributed by atoms with Gasteiger partial charge in [0.25, 0.3) is 5.56 Å². The van der Waals surface area contributed by atoms with Gasteiger partial charge in [0.05, 0.1) is 16.6 Å². The Balaban J connectivity index is 1.59. The lowest BCUT2D eigenvalue weighted by molar-refractivity contribution is 0.399. The maximum Gasteiger partial charge on any atom is 0.265 e. The van der Waals surface area contributed by atoms with Crippen LogP contribution in [0, 0.1) is 12.7 Å². The highest BCUT2D eigenvalue weighted by Gasteiger charge is 2.23. The molecule has 0 fully saturated rings. The number of aryl methyl sites for hydroxylation is 1. The Labute approximate surface area is 171 Å². The molecule has 30 heavy (non-hydrogen) atoms. The lowest BCUT2D eigenvalue weighted by Crippen LogP contribution is -2.43. The van der Waals surface area contributed by atoms with E-state index >= 15 is 0 Å². The molecular formula is C22H21FN6O. The van der Waals surface area contributed by atoms with E-state index in [4.69, 9.17) is 0 Å². The molecule has 0 saturated carbocycles. The number of rotatable bonds is 2. The van der Waals surface area contributed by atoms with Crippen LogP contribution in [-0.4, -0.2) is 36.0 Å². The average Bonchev–Trinajstić information content (AvgIpc) is 3.08. The molecule has 5 heterocycles. The van der Waals surface area contributed by atoms with E-state index in [0.717, 1.165) is 17.8 Å². The van der Waals surface area contributed by atoms with Crippen LogP contribution in [0.3, 0.4) is 0 Å². The van der Waals surface area contributed by atoms with Crippen LogP contribution in [0.2, 0.25) is 0 Å². The second kappa shape index (κ2) is 6.56. The maximum absolute atomic E-state index is 14.4. The molecule has 4 aromatic heterocycles. The molecule has 0 amide bonds. The van der Waals surface area contributed by atoms with Crippen molar-refractivity contribution in [2.75, 3.05) is 6.54 Å². The van der Waals surface area contributed by atoms with Crippen molar-refractivity contribution in [3.05, 3.63) is 64.9 Å². The van der Waals surface area contributed by atoms with Gasteiger partial charge in [-0.25, -0.2) is 19.3 Å². The van der Waals surface area contributed by atoms with Gasteiger partial charge in [-0.1, -0.05) is 6.08 Å². The summed E-state index contributed by atoms with van der Waals surface area (Å²) in [6.07, 6.45) is 9.51. The van der Waals surface area contributed by atoms with Gasteiger partial charge >= 0.3 is 0 Å². The summed E-state index contributed by atoms with van der Waals surface area (Å²) in [5, 5.41) is 3.83. The van der Waals surface area contributed by atoms with Crippen LogP contribution in [0.15, 0.2) is 47.8 Å². The van der Waals surface area contributed by atoms with Crippen molar-refractivity contribution in [2.24, 2.45) is 0 Å². The number of halogens is 1. The smallest absolute Gasteiger partial charge is 0.265 e. The monoisotopic (exact) mass is 404 g/mol. The first kappa shape index (κ1) is 18.6. The van der Waals surface area contributed by atoms with E-state index in [2.05, 4.69) is 34.1 Å². The number of hydrogen-bond acceptors (Lipinski definition) is 5. The SMILES string of the molecule is Cc1cn2cc(-c3ncc4c(=O)n(C5=CCNC(C)(C)C5)ccc4n3)cc(F)c2n1. The molecule has 7 nitrogen and oxygen atoms in total. The average molecular weight is 404 g/mol. The van der Waals surface area contributed by atoms with Crippen molar-refractivity contribution in [3.63, 3.8) is 0 Å². The minimum atomic E-state index is -0.444. The fourth-order valence-corrected chi connectivity index (χ4v) is 3.91. The van der Waals surface area contributed by atoms with Crippen molar-refractivity contribution >= 4 is 22.2 Å². The number of aromatic nitrogens is 5. The van der Waals surface area contributed by atoms with Crippen LogP contribution in [0.5, 0.6) is 0 Å². The van der Waals surface area contributed by atoms with Gasteiger partial charge in [-0.05, 0) is 32.9 Å². The molecule has 8 heteroatoms. The fourth-order valence-electron chi connectivity index (χ4n) is 3.91. The summed E-state index contributed by atoms with van der Waals surface area (Å²) < 4.78 is 17.7. The number of nitrogens with zero attached hydrogens (tertiary/aromatic N) is 5. The van der Waals surface area contributed by atoms with Gasteiger partial charge < -0.3 is 9.72 Å². The van der Waals surface area contributed by atoms with Crippen molar-refractivity contribution in [1.82, 2.24) is 29.2 Å². The minimum absolute atomic E-state index is 0.0762. The number of nitrogens with one attached hydrogen (secondary N) is 1. The zero-order valence-electron chi connectivity index (χ0n) is 17.0. The van der Waals surface area contributed by atoms with Crippen molar-refractivity contribution in [1.29, 1.82) is 0 Å². The topological polar surface area (TPSA) is 77.1 Å². The lowest BCUT2D eigenvalue weighted by atomic mass is 9.95. The van der Waals surface area contributed by atoms with E-state index in [9.17, 15) is 9.18 Å². The van der Waals surface area contributed by atoms with E-state index in [-0.39, 0.29) is 16.7 Å². The standard InChI is InChI=1S/C22H21FN6O/c1-13-11-28-12-14(8-17(23)20(28)26-13)19-24-10-16-18(27-19)5-7-29(21(16)30)15-4-6-25-22(2,3)9-15/h4-5,7-8,10-12,25H,6,9H2,1-3H3. The zero-order chi connectivity index (χ0) is 21.0. The molecule has 0 radical (unpaired) electrons. The normalized spacial score (nSPS) is 16.2. The molecule has 0 spiro atoms. The minimum Gasteiger partial charge on any atom is -0.308 e. The van der Waals surface area contributed by atoms with E-state index in [1.54, 1.807) is 33.6 Å². The summed E-state index contributed by atoms with van der Waals surface area (Å²) in [5.41, 5.74) is 2.75. The van der Waals surface area contributed by atoms with Gasteiger partial charge in [0.15, 0.2) is 17.3 Å². The molecule has 0 bridgehead atoms. The van der Waals surface area contributed by atoms with E-state index in [1.807, 2.05) is 13.0 Å². The lowest BCUT2D eigenvalue weighted by Gasteiger charge is -2.31. The van der Waals surface area contributed by atoms with E-state index in [0.29, 0.717) is 28.8 Å². The van der Waals surface area contributed by atoms with Crippen LogP contribution in [0.25, 0.3) is 33.6 Å². The Morgan fingerprint density at radius 3 is 2.87 bits per heavy atom. The Morgan fingerprint density at radius 2 is 2.07 bits per heavy atom. The predicted octanol–water partition coefficient (Wildman–Crippen LogP) is 3.17. The van der Waals surface area contributed by atoms with Gasteiger partial charge in [-0.15, -0.1) is 0 Å². The Morgan fingerprint density at radius 1 is 1.23 bits per heavy atom. The highest BCUT2D eigenvalue weighted by molar-refractivity contribution is 5.79. The second-order valence-electron chi connectivity index (χ2n) is 8.31. The third-order valence-electron chi connectivity index (χ3n) is 5.38. The van der Waals surface area contributed by atoms with Crippen LogP contribution in [0.4, 0.5) is 4.39 Å². The van der Waals surface area contributed by atoms with Gasteiger partial charge in [-0.2, -0.15) is 0 Å². The number of imidazole rings is 1. The summed E-state index contributed by atoms with van der Waals surface area (Å²) in [6.45, 7) is 6.74. The maximum atomic E-state index is 14.4. The van der Waals surface area contributed by atoms with Crippen molar-refractivity contribution < 1.29 is 4.39 Å². The van der Waals surface area contributed by atoms with Crippen LogP contribution < -0.4 is 10.9 Å². The third kappa shape index (κ3) is 3.09. The summed E-state index contributed by atoms with van der Waals surface area (Å²) in [5.74, 6) is -0.0887. The number of fused-ring (bicyclic) bond motifs is 2. The first-order valence-electron chi connectivity index (χ1n) is 9.79. The van der Waals surface area contributed by atoms with Crippen LogP contribution in [-0.2, 0) is 0 Å². The Bertz CT molecular complexity index is 1400. The Kier molecular flexibility index (Phi) is 4.08. The first-order chi connectivity index (χ1) is 14.3. The third-order valence-corrected chi connectivity index (χ3v) is 5.38. The molecule has 1 N–H and O–H groups in total. The largest absolute Gasteiger partial charge is 0.308 e. The van der Waals surface area contributed by atoms with Crippen LogP contribution in [0.1, 0.15) is 26.0 Å². The molecule has 1 aliphatic heterocycles. The van der Waals surface area contributed by atoms with Crippen molar-refractivity contribution in [2.45, 2.75) is 32.7 Å². The van der Waals surface area contributed by atoms with Gasteiger partial charge in [0.1, 0.15) is 0 Å². The van der Waals surface area contributed by atoms with Gasteiger partial charge in [0.2, 0.25) is 0 Å². The predicted molar refractivity (Wildman–Crippen MR) is 114 cm³/mol. The molecule has 0 atom stereocenters. The number of pyridine rings is 2. The van der Waals surface area contributed by atoms with E-state index in [1.165, 1.54) is 12.3 Å². The van der Waals surface area contributed by atoms with Gasteiger partial charge in [0, 0.05) is 54.6 Å². The van der Waals surface area contributed by atoms with Gasteiger partial charge in [-0.3, -0.25) is 9.36 Å². The zero-order valence-corrected chi connectivity index (χ0v) is 17.0. The fraction of sp³-hybridized carbons (Fsp3) is 0.273. The molecule has 4 aromatic rings. The van der Waals surface area contributed by atoms with E-state index < -0.39 is 5.82 Å².